The lowest BCUT2D eigenvalue weighted by molar-refractivity contribution is 0.183. The predicted octanol–water partition coefficient (Wildman–Crippen LogP) is 5.84. The maximum absolute atomic E-state index is 10.2. The van der Waals surface area contributed by atoms with Gasteiger partial charge in [-0.1, -0.05) is 36.8 Å². The average molecular weight is 468 g/mol. The molecule has 4 heteroatoms. The van der Waals surface area contributed by atoms with Gasteiger partial charge in [0, 0.05) is 12.0 Å². The van der Waals surface area contributed by atoms with Crippen molar-refractivity contribution in [2.75, 3.05) is 26.2 Å². The molecule has 6 rings (SSSR count). The summed E-state index contributed by atoms with van der Waals surface area (Å²) in [6, 6.07) is 19.8. The van der Waals surface area contributed by atoms with Crippen LogP contribution in [-0.2, 0) is 19.3 Å². The first-order chi connectivity index (χ1) is 17.1. The van der Waals surface area contributed by atoms with Crippen LogP contribution in [0.2, 0.25) is 0 Å². The predicted molar refractivity (Wildman–Crippen MR) is 140 cm³/mol. The lowest BCUT2D eigenvalue weighted by Gasteiger charge is -2.26. The number of piperidine rings is 1. The number of allylic oxidation sites excluding steroid dienone is 1. The van der Waals surface area contributed by atoms with Crippen LogP contribution in [0, 0.1) is 5.41 Å². The van der Waals surface area contributed by atoms with Gasteiger partial charge in [-0.3, -0.25) is 4.90 Å². The summed E-state index contributed by atoms with van der Waals surface area (Å²) < 4.78 is 6.18. The van der Waals surface area contributed by atoms with Crippen LogP contribution in [0.5, 0.6) is 17.2 Å². The highest BCUT2D eigenvalue weighted by atomic mass is 16.5. The molecule has 3 aliphatic rings. The van der Waals surface area contributed by atoms with E-state index in [-0.39, 0.29) is 11.2 Å². The normalized spacial score (nSPS) is 22.5. The van der Waals surface area contributed by atoms with Gasteiger partial charge in [-0.25, -0.2) is 0 Å². The molecule has 1 aliphatic heterocycles. The number of benzene rings is 3. The molecular formula is C31H33NO3. The van der Waals surface area contributed by atoms with Crippen molar-refractivity contribution >= 4 is 11.6 Å². The highest BCUT2D eigenvalue weighted by molar-refractivity contribution is 5.90. The molecule has 0 aromatic heterocycles. The Morgan fingerprint density at radius 3 is 2.46 bits per heavy atom. The summed E-state index contributed by atoms with van der Waals surface area (Å²) in [6.07, 6.45) is 9.02. The first-order valence-electron chi connectivity index (χ1n) is 12.9. The van der Waals surface area contributed by atoms with Gasteiger partial charge in [0.15, 0.2) is 0 Å². The molecule has 2 N–H and O–H groups in total. The summed E-state index contributed by atoms with van der Waals surface area (Å²) in [5.74, 6) is 1.56. The third-order valence-corrected chi connectivity index (χ3v) is 8.02. The molecule has 1 saturated heterocycles. The molecule has 0 saturated carbocycles. The van der Waals surface area contributed by atoms with Crippen LogP contribution in [0.25, 0.3) is 11.6 Å². The lowest BCUT2D eigenvalue weighted by Crippen LogP contribution is -2.33. The third-order valence-electron chi connectivity index (χ3n) is 8.02. The van der Waals surface area contributed by atoms with Crippen LogP contribution in [-0.4, -0.2) is 41.4 Å². The Bertz CT molecular complexity index is 1270. The number of ether oxygens (including phenoxy) is 1. The molecular weight excluding hydrogens is 434 g/mol. The highest BCUT2D eigenvalue weighted by Crippen LogP contribution is 2.55. The second-order valence-electron chi connectivity index (χ2n) is 10.5. The van der Waals surface area contributed by atoms with Crippen molar-refractivity contribution in [3.05, 3.63) is 88.5 Å². The van der Waals surface area contributed by atoms with E-state index in [4.69, 9.17) is 4.74 Å². The SMILES string of the molecule is Oc1cccc(/C=C2\c3ccc(O)cc3CC23Cc2ccc(OCCN4CCCCC4)cc2C3)c1. The first-order valence-corrected chi connectivity index (χ1v) is 12.9. The van der Waals surface area contributed by atoms with Crippen LogP contribution >= 0.6 is 0 Å². The zero-order valence-electron chi connectivity index (χ0n) is 20.2. The van der Waals surface area contributed by atoms with E-state index in [2.05, 4.69) is 29.2 Å². The van der Waals surface area contributed by atoms with Gasteiger partial charge < -0.3 is 14.9 Å². The van der Waals surface area contributed by atoms with Crippen molar-refractivity contribution < 1.29 is 14.9 Å². The summed E-state index contributed by atoms with van der Waals surface area (Å²) in [6.45, 7) is 4.12. The van der Waals surface area contributed by atoms with E-state index in [1.54, 1.807) is 12.1 Å². The van der Waals surface area contributed by atoms with E-state index in [9.17, 15) is 10.2 Å². The van der Waals surface area contributed by atoms with E-state index < -0.39 is 0 Å². The van der Waals surface area contributed by atoms with Crippen LogP contribution in [0.1, 0.15) is 47.1 Å². The largest absolute Gasteiger partial charge is 0.508 e. The number of phenolic OH excluding ortho intramolecular Hbond substituents is 2. The molecule has 1 fully saturated rings. The Labute approximate surface area is 207 Å². The van der Waals surface area contributed by atoms with Gasteiger partial charge in [0.25, 0.3) is 0 Å². The molecule has 0 bridgehead atoms. The van der Waals surface area contributed by atoms with Crippen LogP contribution < -0.4 is 4.74 Å². The zero-order chi connectivity index (χ0) is 23.8. The lowest BCUT2D eigenvalue weighted by atomic mass is 9.77. The minimum Gasteiger partial charge on any atom is -0.508 e. The van der Waals surface area contributed by atoms with Gasteiger partial charge in [0.1, 0.15) is 23.9 Å². The van der Waals surface area contributed by atoms with Gasteiger partial charge in [0.2, 0.25) is 0 Å². The fraction of sp³-hybridized carbons (Fsp3) is 0.355. The number of aromatic hydroxyl groups is 2. The minimum atomic E-state index is -0.0453. The molecule has 4 nitrogen and oxygen atoms in total. The third kappa shape index (κ3) is 4.43. The molecule has 35 heavy (non-hydrogen) atoms. The van der Waals surface area contributed by atoms with Gasteiger partial charge in [-0.2, -0.15) is 0 Å². The standard InChI is InChI=1S/C31H33NO3/c33-26-6-4-5-22(15-26)16-30-29-10-8-27(34)17-25(29)21-31(30)19-23-7-9-28(18-24(23)20-31)35-14-13-32-11-2-1-3-12-32/h4-10,15-18,33-34H,1-3,11-14,19-21H2/b30-16+. The smallest absolute Gasteiger partial charge is 0.119 e. The number of rotatable bonds is 5. The number of fused-ring (bicyclic) bond motifs is 2. The summed E-state index contributed by atoms with van der Waals surface area (Å²) in [7, 11) is 0. The fourth-order valence-electron chi connectivity index (χ4n) is 6.36. The van der Waals surface area contributed by atoms with Gasteiger partial charge >= 0.3 is 0 Å². The Kier molecular flexibility index (Phi) is 5.77. The van der Waals surface area contributed by atoms with E-state index >= 15 is 0 Å². The van der Waals surface area contributed by atoms with Gasteiger partial charge in [-0.15, -0.1) is 0 Å². The van der Waals surface area contributed by atoms with Crippen LogP contribution in [0.15, 0.2) is 60.7 Å². The summed E-state index contributed by atoms with van der Waals surface area (Å²) in [4.78, 5) is 2.51. The van der Waals surface area contributed by atoms with Crippen molar-refractivity contribution in [2.45, 2.75) is 38.5 Å². The monoisotopic (exact) mass is 467 g/mol. The van der Waals surface area contributed by atoms with Crippen molar-refractivity contribution in [2.24, 2.45) is 5.41 Å². The molecule has 3 aromatic carbocycles. The van der Waals surface area contributed by atoms with E-state index in [1.165, 1.54) is 60.2 Å². The van der Waals surface area contributed by atoms with E-state index in [0.29, 0.717) is 5.75 Å². The van der Waals surface area contributed by atoms with Gasteiger partial charge in [0.05, 0.1) is 0 Å². The molecule has 1 spiro atoms. The highest BCUT2D eigenvalue weighted by Gasteiger charge is 2.46. The zero-order valence-corrected chi connectivity index (χ0v) is 20.2. The second kappa shape index (κ2) is 9.09. The van der Waals surface area contributed by atoms with Gasteiger partial charge in [-0.05, 0) is 115 Å². The average Bonchev–Trinajstić information content (AvgIpc) is 3.35. The Hall–Kier alpha value is -3.24. The topological polar surface area (TPSA) is 52.9 Å². The van der Waals surface area contributed by atoms with Crippen molar-refractivity contribution in [1.82, 2.24) is 4.90 Å². The number of likely N-dealkylation sites (tertiary alicyclic amines) is 1. The number of nitrogens with zero attached hydrogens (tertiary/aromatic N) is 1. The van der Waals surface area contributed by atoms with Crippen LogP contribution in [0.4, 0.5) is 0 Å². The quantitative estimate of drug-likeness (QED) is 0.495. The minimum absolute atomic E-state index is 0.0453. The molecule has 1 unspecified atom stereocenters. The molecule has 0 amide bonds. The molecule has 1 atom stereocenters. The van der Waals surface area contributed by atoms with E-state index in [0.717, 1.165) is 43.7 Å². The molecule has 0 radical (unpaired) electrons. The number of phenols is 2. The summed E-state index contributed by atoms with van der Waals surface area (Å²) in [5, 5.41) is 20.2. The van der Waals surface area contributed by atoms with Crippen molar-refractivity contribution in [1.29, 1.82) is 0 Å². The van der Waals surface area contributed by atoms with E-state index in [1.807, 2.05) is 30.3 Å². The molecule has 180 valence electrons. The summed E-state index contributed by atoms with van der Waals surface area (Å²) in [5.41, 5.74) is 7.39. The fourth-order valence-corrected chi connectivity index (χ4v) is 6.36. The maximum Gasteiger partial charge on any atom is 0.119 e. The van der Waals surface area contributed by atoms with Crippen LogP contribution in [0.3, 0.4) is 0 Å². The maximum atomic E-state index is 10.2. The number of hydrogen-bond acceptors (Lipinski definition) is 4. The van der Waals surface area contributed by atoms with Crippen molar-refractivity contribution in [3.8, 4) is 17.2 Å². The summed E-state index contributed by atoms with van der Waals surface area (Å²) >= 11 is 0. The first kappa shape index (κ1) is 22.2. The second-order valence-corrected chi connectivity index (χ2v) is 10.5. The molecule has 1 heterocycles. The molecule has 2 aliphatic carbocycles. The Balaban J connectivity index is 1.26. The Morgan fingerprint density at radius 1 is 0.800 bits per heavy atom. The van der Waals surface area contributed by atoms with Crippen molar-refractivity contribution in [3.63, 3.8) is 0 Å². The number of hydrogen-bond donors (Lipinski definition) is 2. The molecule has 3 aromatic rings. The Morgan fingerprint density at radius 2 is 1.60 bits per heavy atom.